The molecule has 0 N–H and O–H groups in total. The number of ether oxygens (including phenoxy) is 5. The number of halogens is 3. The van der Waals surface area contributed by atoms with Crippen molar-refractivity contribution in [2.75, 3.05) is 40.6 Å². The van der Waals surface area contributed by atoms with Crippen molar-refractivity contribution in [3.63, 3.8) is 0 Å². The third-order valence-electron chi connectivity index (χ3n) is 6.27. The molecule has 0 amide bonds. The van der Waals surface area contributed by atoms with Gasteiger partial charge in [0.1, 0.15) is 11.3 Å². The summed E-state index contributed by atoms with van der Waals surface area (Å²) in [5, 5.41) is 1.12. The number of carbonyl (C=O) groups is 2. The van der Waals surface area contributed by atoms with Crippen LogP contribution in [0.25, 0.3) is 22.6 Å². The number of oxazole rings is 1. The molecule has 1 aromatic heterocycles. The van der Waals surface area contributed by atoms with Crippen molar-refractivity contribution < 1.29 is 37.7 Å². The minimum Gasteiger partial charge on any atom is -0.492 e. The number of hydrogen-bond acceptors (Lipinski definition) is 9. The first-order chi connectivity index (χ1) is 20.8. The molecule has 3 aromatic carbocycles. The SMILES string of the molecule is COC(=O)CCc1ccc(OCCCOCCCOc2c(Cl)cc(-c3nc4ccc(C(=O)OC)cc4o3)cc2Cl)c(Cl)c1. The van der Waals surface area contributed by atoms with Gasteiger partial charge in [0.15, 0.2) is 11.3 Å². The molecule has 0 aliphatic heterocycles. The van der Waals surface area contributed by atoms with E-state index in [1.807, 2.05) is 6.07 Å². The normalized spacial score (nSPS) is 11.0. The summed E-state index contributed by atoms with van der Waals surface area (Å²) in [7, 11) is 2.68. The van der Waals surface area contributed by atoms with Crippen molar-refractivity contribution in [3.05, 3.63) is 74.7 Å². The maximum absolute atomic E-state index is 11.8. The van der Waals surface area contributed by atoms with E-state index in [9.17, 15) is 9.59 Å². The largest absolute Gasteiger partial charge is 0.492 e. The number of nitrogens with zero attached hydrogens (tertiary/aromatic N) is 1. The lowest BCUT2D eigenvalue weighted by molar-refractivity contribution is -0.140. The summed E-state index contributed by atoms with van der Waals surface area (Å²) in [4.78, 5) is 27.5. The highest BCUT2D eigenvalue weighted by molar-refractivity contribution is 6.37. The van der Waals surface area contributed by atoms with E-state index in [-0.39, 0.29) is 5.97 Å². The van der Waals surface area contributed by atoms with Crippen LogP contribution in [0.3, 0.4) is 0 Å². The molecule has 0 fully saturated rings. The Morgan fingerprint density at radius 3 is 2.21 bits per heavy atom. The van der Waals surface area contributed by atoms with Gasteiger partial charge in [-0.1, -0.05) is 40.9 Å². The molecular weight excluding hydrogens is 621 g/mol. The highest BCUT2D eigenvalue weighted by Gasteiger charge is 2.16. The lowest BCUT2D eigenvalue weighted by Gasteiger charge is -2.12. The van der Waals surface area contributed by atoms with Crippen LogP contribution in [-0.2, 0) is 25.4 Å². The molecule has 228 valence electrons. The smallest absolute Gasteiger partial charge is 0.337 e. The van der Waals surface area contributed by atoms with Gasteiger partial charge in [0.25, 0.3) is 0 Å². The van der Waals surface area contributed by atoms with Crippen LogP contribution in [0.4, 0.5) is 0 Å². The molecule has 0 radical (unpaired) electrons. The molecule has 0 saturated heterocycles. The predicted molar refractivity (Wildman–Crippen MR) is 164 cm³/mol. The Bertz CT molecular complexity index is 1550. The van der Waals surface area contributed by atoms with Gasteiger partial charge in [-0.25, -0.2) is 9.78 Å². The summed E-state index contributed by atoms with van der Waals surface area (Å²) in [6.45, 7) is 1.80. The molecule has 0 atom stereocenters. The van der Waals surface area contributed by atoms with Gasteiger partial charge in [-0.05, 0) is 54.4 Å². The number of aryl methyl sites for hydroxylation is 1. The van der Waals surface area contributed by atoms with Gasteiger partial charge in [0.05, 0.1) is 48.1 Å². The van der Waals surface area contributed by atoms with Crippen molar-refractivity contribution >= 4 is 57.8 Å². The van der Waals surface area contributed by atoms with E-state index in [2.05, 4.69) is 9.72 Å². The zero-order valence-electron chi connectivity index (χ0n) is 23.6. The summed E-state index contributed by atoms with van der Waals surface area (Å²) in [6, 6.07) is 13.6. The van der Waals surface area contributed by atoms with Crippen LogP contribution >= 0.6 is 34.8 Å². The molecule has 4 aromatic rings. The van der Waals surface area contributed by atoms with Crippen LogP contribution in [0.2, 0.25) is 15.1 Å². The van der Waals surface area contributed by atoms with Crippen LogP contribution in [-0.4, -0.2) is 57.6 Å². The van der Waals surface area contributed by atoms with E-state index in [0.29, 0.717) is 107 Å². The zero-order chi connectivity index (χ0) is 30.8. The molecule has 0 saturated carbocycles. The van der Waals surface area contributed by atoms with Crippen LogP contribution < -0.4 is 9.47 Å². The van der Waals surface area contributed by atoms with Crippen LogP contribution in [0, 0.1) is 0 Å². The van der Waals surface area contributed by atoms with Crippen molar-refractivity contribution in [1.29, 1.82) is 0 Å². The Kier molecular flexibility index (Phi) is 11.9. The number of fused-ring (bicyclic) bond motifs is 1. The van der Waals surface area contributed by atoms with Crippen molar-refractivity contribution in [2.24, 2.45) is 0 Å². The molecule has 0 bridgehead atoms. The van der Waals surface area contributed by atoms with Crippen LogP contribution in [0.1, 0.15) is 35.2 Å². The second-order valence-electron chi connectivity index (χ2n) is 9.32. The fourth-order valence-electron chi connectivity index (χ4n) is 4.06. The second kappa shape index (κ2) is 15.8. The Balaban J connectivity index is 1.17. The minimum absolute atomic E-state index is 0.262. The van der Waals surface area contributed by atoms with E-state index in [1.54, 1.807) is 42.5 Å². The first-order valence-corrected chi connectivity index (χ1v) is 14.6. The molecule has 12 heteroatoms. The Morgan fingerprint density at radius 1 is 0.814 bits per heavy atom. The lowest BCUT2D eigenvalue weighted by atomic mass is 10.1. The van der Waals surface area contributed by atoms with E-state index in [0.717, 1.165) is 5.56 Å². The second-order valence-corrected chi connectivity index (χ2v) is 10.5. The molecule has 0 aliphatic rings. The molecule has 1 heterocycles. The molecule has 9 nitrogen and oxygen atoms in total. The first kappa shape index (κ1) is 32.4. The van der Waals surface area contributed by atoms with Gasteiger partial charge in [-0.2, -0.15) is 0 Å². The summed E-state index contributed by atoms with van der Waals surface area (Å²) >= 11 is 19.2. The highest BCUT2D eigenvalue weighted by Crippen LogP contribution is 2.38. The fraction of sp³-hybridized carbons (Fsp3) is 0.323. The topological polar surface area (TPSA) is 106 Å². The number of rotatable bonds is 15. The van der Waals surface area contributed by atoms with E-state index in [4.69, 9.17) is 58.2 Å². The average molecular weight is 651 g/mol. The molecule has 43 heavy (non-hydrogen) atoms. The molecular formula is C31H30Cl3NO8. The number of carbonyl (C=O) groups excluding carboxylic acids is 2. The molecule has 0 unspecified atom stereocenters. The number of esters is 2. The predicted octanol–water partition coefficient (Wildman–Crippen LogP) is 7.60. The maximum atomic E-state index is 11.8. The van der Waals surface area contributed by atoms with E-state index in [1.165, 1.54) is 14.2 Å². The lowest BCUT2D eigenvalue weighted by Crippen LogP contribution is -2.07. The van der Waals surface area contributed by atoms with Gasteiger partial charge in [-0.3, -0.25) is 4.79 Å². The van der Waals surface area contributed by atoms with Crippen molar-refractivity contribution in [2.45, 2.75) is 25.7 Å². The molecule has 0 aliphatic carbocycles. The third-order valence-corrected chi connectivity index (χ3v) is 7.12. The molecule has 4 rings (SSSR count). The number of benzene rings is 3. The third kappa shape index (κ3) is 9.00. The monoisotopic (exact) mass is 649 g/mol. The minimum atomic E-state index is -0.467. The van der Waals surface area contributed by atoms with Gasteiger partial charge in [-0.15, -0.1) is 0 Å². The summed E-state index contributed by atoms with van der Waals surface area (Å²) < 4.78 is 32.4. The quantitative estimate of drug-likeness (QED) is 0.0949. The standard InChI is InChI=1S/C31H30Cl3NO8/c1-38-28(36)10-6-19-5-9-26(22(32)15-19)41-13-3-11-40-12-4-14-42-29-23(33)16-21(17-24(29)34)30-35-25-8-7-20(31(37)39-2)18-27(25)43-30/h5,7-9,15-18H,3-4,6,10-14H2,1-2H3. The summed E-state index contributed by atoms with van der Waals surface area (Å²) in [5.41, 5.74) is 2.87. The van der Waals surface area contributed by atoms with Crippen molar-refractivity contribution in [1.82, 2.24) is 4.98 Å². The maximum Gasteiger partial charge on any atom is 0.337 e. The first-order valence-electron chi connectivity index (χ1n) is 13.5. The number of methoxy groups -OCH3 is 2. The van der Waals surface area contributed by atoms with Crippen LogP contribution in [0.5, 0.6) is 11.5 Å². The highest BCUT2D eigenvalue weighted by atomic mass is 35.5. The average Bonchev–Trinajstić information content (AvgIpc) is 3.44. The van der Waals surface area contributed by atoms with Gasteiger partial charge >= 0.3 is 11.9 Å². The Morgan fingerprint density at radius 2 is 1.53 bits per heavy atom. The van der Waals surface area contributed by atoms with Gasteiger partial charge < -0.3 is 28.1 Å². The van der Waals surface area contributed by atoms with Gasteiger partial charge in [0.2, 0.25) is 5.89 Å². The van der Waals surface area contributed by atoms with E-state index >= 15 is 0 Å². The van der Waals surface area contributed by atoms with Crippen molar-refractivity contribution in [3.8, 4) is 23.0 Å². The fourth-order valence-corrected chi connectivity index (χ4v) is 4.91. The Labute approximate surface area is 263 Å². The number of hydrogen-bond donors (Lipinski definition) is 0. The van der Waals surface area contributed by atoms with Gasteiger partial charge in [0, 0.05) is 38.0 Å². The summed E-state index contributed by atoms with van der Waals surface area (Å²) in [6.07, 6.45) is 2.16. The zero-order valence-corrected chi connectivity index (χ0v) is 25.9. The molecule has 0 spiro atoms. The van der Waals surface area contributed by atoms with E-state index < -0.39 is 5.97 Å². The summed E-state index contributed by atoms with van der Waals surface area (Å²) in [5.74, 6) is 0.519. The van der Waals surface area contributed by atoms with Crippen LogP contribution in [0.15, 0.2) is 52.9 Å². The number of aromatic nitrogens is 1. The Hall–Kier alpha value is -3.50.